The first-order valence-electron chi connectivity index (χ1n) is 8.40. The minimum Gasteiger partial charge on any atom is -0.352 e. The molecule has 0 aliphatic heterocycles. The highest BCUT2D eigenvalue weighted by Gasteiger charge is 2.03. The fourth-order valence-corrected chi connectivity index (χ4v) is 2.61. The number of nitrogens with one attached hydrogen (secondary N) is 2. The van der Waals surface area contributed by atoms with Gasteiger partial charge in [-0.25, -0.2) is 4.39 Å². The molecule has 0 radical (unpaired) electrons. The summed E-state index contributed by atoms with van der Waals surface area (Å²) in [4.78, 5) is 6.39. The van der Waals surface area contributed by atoms with Crippen LogP contribution in [-0.2, 0) is 19.6 Å². The van der Waals surface area contributed by atoms with Crippen molar-refractivity contribution in [2.45, 2.75) is 26.6 Å². The molecule has 0 saturated heterocycles. The smallest absolute Gasteiger partial charge is 0.191 e. The van der Waals surface area contributed by atoms with Gasteiger partial charge in [-0.1, -0.05) is 36.4 Å². The molecule has 0 atom stereocenters. The molecule has 25 heavy (non-hydrogen) atoms. The van der Waals surface area contributed by atoms with Gasteiger partial charge in [0, 0.05) is 26.7 Å². The van der Waals surface area contributed by atoms with Crippen LogP contribution in [0.2, 0.25) is 0 Å². The number of rotatable bonds is 6. The number of benzene rings is 2. The van der Waals surface area contributed by atoms with E-state index in [1.807, 2.05) is 6.07 Å². The minimum absolute atomic E-state index is 0.177. The Morgan fingerprint density at radius 1 is 1.00 bits per heavy atom. The Balaban J connectivity index is 1.89. The van der Waals surface area contributed by atoms with Crippen LogP contribution in [0.1, 0.15) is 22.3 Å². The van der Waals surface area contributed by atoms with Gasteiger partial charge in [0.1, 0.15) is 5.82 Å². The first-order valence-corrected chi connectivity index (χ1v) is 8.40. The van der Waals surface area contributed by atoms with Gasteiger partial charge in [-0.3, -0.25) is 4.99 Å². The molecule has 0 amide bonds. The number of nitrogens with zero attached hydrogens (tertiary/aromatic N) is 2. The van der Waals surface area contributed by atoms with E-state index in [0.29, 0.717) is 18.7 Å². The van der Waals surface area contributed by atoms with Crippen molar-refractivity contribution in [1.82, 2.24) is 15.5 Å². The normalized spacial score (nSPS) is 11.7. The molecule has 4 nitrogen and oxygen atoms in total. The molecule has 2 aromatic rings. The number of guanidine groups is 1. The molecule has 0 spiro atoms. The summed E-state index contributed by atoms with van der Waals surface area (Å²) in [6.45, 7) is 3.99. The molecular formula is C20H27FN4. The zero-order valence-corrected chi connectivity index (χ0v) is 15.4. The fraction of sp³-hybridized carbons (Fsp3) is 0.350. The fourth-order valence-electron chi connectivity index (χ4n) is 2.61. The quantitative estimate of drug-likeness (QED) is 0.626. The molecule has 0 aliphatic carbocycles. The van der Waals surface area contributed by atoms with E-state index in [4.69, 9.17) is 0 Å². The van der Waals surface area contributed by atoms with E-state index in [9.17, 15) is 4.39 Å². The monoisotopic (exact) mass is 342 g/mol. The van der Waals surface area contributed by atoms with Crippen molar-refractivity contribution in [1.29, 1.82) is 0 Å². The van der Waals surface area contributed by atoms with Crippen molar-refractivity contribution in [3.63, 3.8) is 0 Å². The standard InChI is InChI=1S/C20H27FN4/c1-15-10-17(8-9-19(15)21)13-24-20(22-2)23-12-16-6-5-7-18(11-16)14-25(3)4/h5-11H,12-14H2,1-4H3,(H2,22,23,24). The molecule has 2 N–H and O–H groups in total. The van der Waals surface area contributed by atoms with Gasteiger partial charge in [-0.15, -0.1) is 0 Å². The summed E-state index contributed by atoms with van der Waals surface area (Å²) >= 11 is 0. The van der Waals surface area contributed by atoms with Crippen molar-refractivity contribution in [2.75, 3.05) is 21.1 Å². The van der Waals surface area contributed by atoms with Gasteiger partial charge in [-0.2, -0.15) is 0 Å². The van der Waals surface area contributed by atoms with E-state index >= 15 is 0 Å². The molecule has 2 rings (SSSR count). The Morgan fingerprint density at radius 3 is 2.24 bits per heavy atom. The molecule has 0 heterocycles. The summed E-state index contributed by atoms with van der Waals surface area (Å²) in [6, 6.07) is 13.6. The molecule has 134 valence electrons. The molecule has 0 aliphatic rings. The van der Waals surface area contributed by atoms with Gasteiger partial charge in [-0.05, 0) is 49.3 Å². The summed E-state index contributed by atoms with van der Waals surface area (Å²) < 4.78 is 13.3. The van der Waals surface area contributed by atoms with Gasteiger partial charge in [0.2, 0.25) is 0 Å². The van der Waals surface area contributed by atoms with Crippen molar-refractivity contribution in [2.24, 2.45) is 4.99 Å². The minimum atomic E-state index is -0.177. The second-order valence-electron chi connectivity index (χ2n) is 6.42. The Morgan fingerprint density at radius 2 is 1.64 bits per heavy atom. The van der Waals surface area contributed by atoms with Gasteiger partial charge in [0.25, 0.3) is 0 Å². The van der Waals surface area contributed by atoms with Gasteiger partial charge in [0.05, 0.1) is 0 Å². The molecule has 0 fully saturated rings. The van der Waals surface area contributed by atoms with E-state index in [-0.39, 0.29) is 5.82 Å². The lowest BCUT2D eigenvalue weighted by Gasteiger charge is -2.14. The average Bonchev–Trinajstić information content (AvgIpc) is 2.58. The Hall–Kier alpha value is -2.40. The van der Waals surface area contributed by atoms with Crippen LogP contribution in [0.3, 0.4) is 0 Å². The van der Waals surface area contributed by atoms with Gasteiger partial charge >= 0.3 is 0 Å². The summed E-state index contributed by atoms with van der Waals surface area (Å²) in [5.74, 6) is 0.545. The molecule has 2 aromatic carbocycles. The zero-order valence-electron chi connectivity index (χ0n) is 15.4. The highest BCUT2D eigenvalue weighted by Crippen LogP contribution is 2.09. The highest BCUT2D eigenvalue weighted by atomic mass is 19.1. The molecular weight excluding hydrogens is 315 g/mol. The lowest BCUT2D eigenvalue weighted by atomic mass is 10.1. The topological polar surface area (TPSA) is 39.7 Å². The summed E-state index contributed by atoms with van der Waals surface area (Å²) in [7, 11) is 5.87. The zero-order chi connectivity index (χ0) is 18.2. The van der Waals surface area contributed by atoms with Crippen molar-refractivity contribution in [3.05, 3.63) is 70.5 Å². The SMILES string of the molecule is CN=C(NCc1cccc(CN(C)C)c1)NCc1ccc(F)c(C)c1. The number of halogens is 1. The predicted molar refractivity (Wildman–Crippen MR) is 102 cm³/mol. The van der Waals surface area contributed by atoms with Crippen LogP contribution in [0.15, 0.2) is 47.5 Å². The Bertz CT molecular complexity index is 725. The largest absolute Gasteiger partial charge is 0.352 e. The van der Waals surface area contributed by atoms with E-state index in [1.54, 1.807) is 20.0 Å². The maximum atomic E-state index is 13.3. The molecule has 0 unspecified atom stereocenters. The Labute approximate surface area is 149 Å². The van der Waals surface area contributed by atoms with Crippen molar-refractivity contribution < 1.29 is 4.39 Å². The third kappa shape index (κ3) is 6.19. The molecule has 5 heteroatoms. The summed E-state index contributed by atoms with van der Waals surface area (Å²) in [6.07, 6.45) is 0. The predicted octanol–water partition coefficient (Wildman–Crippen LogP) is 3.06. The number of hydrogen-bond donors (Lipinski definition) is 2. The lowest BCUT2D eigenvalue weighted by Crippen LogP contribution is -2.36. The van der Waals surface area contributed by atoms with Crippen molar-refractivity contribution in [3.8, 4) is 0 Å². The third-order valence-electron chi connectivity index (χ3n) is 3.86. The number of aliphatic imine (C=N–C) groups is 1. The Kier molecular flexibility index (Phi) is 6.95. The summed E-state index contributed by atoms with van der Waals surface area (Å²) in [5.41, 5.74) is 4.17. The van der Waals surface area contributed by atoms with E-state index in [1.165, 1.54) is 17.2 Å². The molecule has 0 saturated carbocycles. The average molecular weight is 342 g/mol. The highest BCUT2D eigenvalue weighted by molar-refractivity contribution is 5.79. The maximum absolute atomic E-state index is 13.3. The lowest BCUT2D eigenvalue weighted by molar-refractivity contribution is 0.402. The first kappa shape index (κ1) is 18.9. The first-order chi connectivity index (χ1) is 12.0. The summed E-state index contributed by atoms with van der Waals surface area (Å²) in [5, 5.41) is 6.57. The van der Waals surface area contributed by atoms with E-state index in [2.05, 4.69) is 58.9 Å². The second-order valence-corrected chi connectivity index (χ2v) is 6.42. The van der Waals surface area contributed by atoms with Crippen LogP contribution in [0.5, 0.6) is 0 Å². The van der Waals surface area contributed by atoms with Crippen LogP contribution in [0, 0.1) is 12.7 Å². The van der Waals surface area contributed by atoms with E-state index < -0.39 is 0 Å². The van der Waals surface area contributed by atoms with Crippen LogP contribution < -0.4 is 10.6 Å². The number of aryl methyl sites for hydroxylation is 1. The van der Waals surface area contributed by atoms with Crippen LogP contribution in [0.25, 0.3) is 0 Å². The third-order valence-corrected chi connectivity index (χ3v) is 3.86. The van der Waals surface area contributed by atoms with Crippen LogP contribution in [0.4, 0.5) is 4.39 Å². The maximum Gasteiger partial charge on any atom is 0.191 e. The van der Waals surface area contributed by atoms with Gasteiger partial charge in [0.15, 0.2) is 5.96 Å². The van der Waals surface area contributed by atoms with E-state index in [0.717, 1.165) is 18.1 Å². The molecule has 0 bridgehead atoms. The van der Waals surface area contributed by atoms with Gasteiger partial charge < -0.3 is 15.5 Å². The van der Waals surface area contributed by atoms with Crippen LogP contribution >= 0.6 is 0 Å². The van der Waals surface area contributed by atoms with Crippen molar-refractivity contribution >= 4 is 5.96 Å². The second kappa shape index (κ2) is 9.18. The molecule has 0 aromatic heterocycles. The number of hydrogen-bond acceptors (Lipinski definition) is 2. The van der Waals surface area contributed by atoms with Crippen LogP contribution in [-0.4, -0.2) is 32.0 Å².